The lowest BCUT2D eigenvalue weighted by Gasteiger charge is -2.11. The van der Waals surface area contributed by atoms with E-state index < -0.39 is 0 Å². The van der Waals surface area contributed by atoms with E-state index >= 15 is 0 Å². The van der Waals surface area contributed by atoms with Crippen LogP contribution in [0.2, 0.25) is 10.0 Å². The van der Waals surface area contributed by atoms with E-state index in [0.29, 0.717) is 26.5 Å². The highest BCUT2D eigenvalue weighted by molar-refractivity contribution is 9.08. The SMILES string of the molecule is Fc1cccc(-c2c(Cl)cccc2Cl)c1CBr. The van der Waals surface area contributed by atoms with Gasteiger partial charge in [0.1, 0.15) is 5.82 Å². The second-order valence-corrected chi connectivity index (χ2v) is 4.87. The van der Waals surface area contributed by atoms with Gasteiger partial charge in [0, 0.05) is 26.5 Å². The molecule has 0 saturated carbocycles. The Labute approximate surface area is 117 Å². The van der Waals surface area contributed by atoms with Gasteiger partial charge in [-0.05, 0) is 23.8 Å². The highest BCUT2D eigenvalue weighted by Crippen LogP contribution is 2.37. The van der Waals surface area contributed by atoms with Crippen molar-refractivity contribution >= 4 is 39.1 Å². The lowest BCUT2D eigenvalue weighted by atomic mass is 10.00. The first-order valence-corrected chi connectivity index (χ1v) is 6.80. The minimum atomic E-state index is -0.268. The zero-order valence-electron chi connectivity index (χ0n) is 8.68. The van der Waals surface area contributed by atoms with Crippen LogP contribution in [0.4, 0.5) is 4.39 Å². The van der Waals surface area contributed by atoms with Gasteiger partial charge in [-0.15, -0.1) is 0 Å². The van der Waals surface area contributed by atoms with E-state index in [-0.39, 0.29) is 5.82 Å². The Morgan fingerprint density at radius 3 is 2.18 bits per heavy atom. The van der Waals surface area contributed by atoms with Gasteiger partial charge in [-0.25, -0.2) is 4.39 Å². The van der Waals surface area contributed by atoms with Crippen LogP contribution in [0.1, 0.15) is 5.56 Å². The second-order valence-electron chi connectivity index (χ2n) is 3.50. The van der Waals surface area contributed by atoms with E-state index in [1.807, 2.05) is 6.07 Å². The molecule has 2 aromatic rings. The summed E-state index contributed by atoms with van der Waals surface area (Å²) in [4.78, 5) is 0. The van der Waals surface area contributed by atoms with Gasteiger partial charge in [0.25, 0.3) is 0 Å². The fourth-order valence-electron chi connectivity index (χ4n) is 1.68. The van der Waals surface area contributed by atoms with Crippen LogP contribution >= 0.6 is 39.1 Å². The number of benzene rings is 2. The normalized spacial score (nSPS) is 10.6. The summed E-state index contributed by atoms with van der Waals surface area (Å²) >= 11 is 15.5. The van der Waals surface area contributed by atoms with Gasteiger partial charge in [0.2, 0.25) is 0 Å². The third-order valence-corrected chi connectivity index (χ3v) is 3.68. The van der Waals surface area contributed by atoms with Gasteiger partial charge in [-0.1, -0.05) is 57.3 Å². The van der Waals surface area contributed by atoms with Crippen LogP contribution in [0.15, 0.2) is 36.4 Å². The molecule has 0 bridgehead atoms. The summed E-state index contributed by atoms with van der Waals surface area (Å²) in [6, 6.07) is 10.1. The quantitative estimate of drug-likeness (QED) is 0.619. The largest absolute Gasteiger partial charge is 0.207 e. The van der Waals surface area contributed by atoms with Gasteiger partial charge in [-0.2, -0.15) is 0 Å². The topological polar surface area (TPSA) is 0 Å². The third kappa shape index (κ3) is 2.49. The van der Waals surface area contributed by atoms with Crippen LogP contribution < -0.4 is 0 Å². The average molecular weight is 334 g/mol. The fourth-order valence-corrected chi connectivity index (χ4v) is 2.85. The summed E-state index contributed by atoms with van der Waals surface area (Å²) in [5, 5.41) is 1.45. The molecule has 0 saturated heterocycles. The predicted octanol–water partition coefficient (Wildman–Crippen LogP) is 5.69. The van der Waals surface area contributed by atoms with Gasteiger partial charge in [0.05, 0.1) is 0 Å². The van der Waals surface area contributed by atoms with Crippen LogP contribution in [0.3, 0.4) is 0 Å². The summed E-state index contributed by atoms with van der Waals surface area (Å²) in [6.07, 6.45) is 0. The van der Waals surface area contributed by atoms with Crippen LogP contribution in [-0.2, 0) is 5.33 Å². The van der Waals surface area contributed by atoms with Crippen molar-refractivity contribution in [3.8, 4) is 11.1 Å². The smallest absolute Gasteiger partial charge is 0.127 e. The van der Waals surface area contributed by atoms with Crippen molar-refractivity contribution in [2.24, 2.45) is 0 Å². The van der Waals surface area contributed by atoms with E-state index in [1.165, 1.54) is 6.07 Å². The maximum absolute atomic E-state index is 13.7. The Bertz CT molecular complexity index is 535. The van der Waals surface area contributed by atoms with Crippen LogP contribution in [0, 0.1) is 5.82 Å². The molecule has 0 aliphatic rings. The molecule has 0 nitrogen and oxygen atoms in total. The first kappa shape index (κ1) is 12.9. The Hall–Kier alpha value is -0.570. The zero-order chi connectivity index (χ0) is 12.4. The average Bonchev–Trinajstić information content (AvgIpc) is 2.29. The van der Waals surface area contributed by atoms with Gasteiger partial charge >= 0.3 is 0 Å². The molecule has 0 spiro atoms. The molecular weight excluding hydrogens is 326 g/mol. The van der Waals surface area contributed by atoms with Gasteiger partial charge < -0.3 is 0 Å². The molecule has 0 atom stereocenters. The second kappa shape index (κ2) is 5.38. The number of rotatable bonds is 2. The molecule has 0 fully saturated rings. The highest BCUT2D eigenvalue weighted by Gasteiger charge is 2.14. The van der Waals surface area contributed by atoms with E-state index in [0.717, 1.165) is 5.56 Å². The number of alkyl halides is 1. The summed E-state index contributed by atoms with van der Waals surface area (Å²) in [5.41, 5.74) is 1.95. The fraction of sp³-hybridized carbons (Fsp3) is 0.0769. The summed E-state index contributed by atoms with van der Waals surface area (Å²) < 4.78 is 13.7. The number of halogens is 4. The van der Waals surface area contributed by atoms with Crippen molar-refractivity contribution in [1.29, 1.82) is 0 Å². The molecular formula is C13H8BrCl2F. The zero-order valence-corrected chi connectivity index (χ0v) is 11.8. The van der Waals surface area contributed by atoms with E-state index in [9.17, 15) is 4.39 Å². The number of hydrogen-bond donors (Lipinski definition) is 0. The van der Waals surface area contributed by atoms with Gasteiger partial charge in [-0.3, -0.25) is 0 Å². The molecule has 17 heavy (non-hydrogen) atoms. The molecule has 2 rings (SSSR count). The molecule has 0 aromatic heterocycles. The summed E-state index contributed by atoms with van der Waals surface area (Å²) in [6.45, 7) is 0. The first-order valence-electron chi connectivity index (χ1n) is 4.93. The summed E-state index contributed by atoms with van der Waals surface area (Å²) in [5.74, 6) is -0.268. The minimum Gasteiger partial charge on any atom is -0.207 e. The Kier molecular flexibility index (Phi) is 4.08. The van der Waals surface area contributed by atoms with E-state index in [1.54, 1.807) is 24.3 Å². The highest BCUT2D eigenvalue weighted by atomic mass is 79.9. The molecule has 0 aliphatic carbocycles. The standard InChI is InChI=1S/C13H8BrCl2F/c14-7-9-8(3-1-6-12(9)17)13-10(15)4-2-5-11(13)16/h1-6H,7H2. The van der Waals surface area contributed by atoms with E-state index in [2.05, 4.69) is 15.9 Å². The Balaban J connectivity index is 2.73. The molecule has 88 valence electrons. The summed E-state index contributed by atoms with van der Waals surface area (Å²) in [7, 11) is 0. The molecule has 0 heterocycles. The molecule has 4 heteroatoms. The minimum absolute atomic E-state index is 0.268. The van der Waals surface area contributed by atoms with Crippen LogP contribution in [-0.4, -0.2) is 0 Å². The van der Waals surface area contributed by atoms with E-state index in [4.69, 9.17) is 23.2 Å². The lowest BCUT2D eigenvalue weighted by molar-refractivity contribution is 0.618. The van der Waals surface area contributed by atoms with Crippen molar-refractivity contribution in [2.45, 2.75) is 5.33 Å². The van der Waals surface area contributed by atoms with Crippen molar-refractivity contribution in [2.75, 3.05) is 0 Å². The van der Waals surface area contributed by atoms with Crippen molar-refractivity contribution < 1.29 is 4.39 Å². The van der Waals surface area contributed by atoms with Crippen molar-refractivity contribution in [1.82, 2.24) is 0 Å². The number of hydrogen-bond acceptors (Lipinski definition) is 0. The molecule has 2 aromatic carbocycles. The molecule has 0 radical (unpaired) electrons. The van der Waals surface area contributed by atoms with Crippen molar-refractivity contribution in [3.63, 3.8) is 0 Å². The maximum Gasteiger partial charge on any atom is 0.127 e. The molecule has 0 amide bonds. The lowest BCUT2D eigenvalue weighted by Crippen LogP contribution is -1.92. The Morgan fingerprint density at radius 1 is 1.00 bits per heavy atom. The van der Waals surface area contributed by atoms with Gasteiger partial charge in [0.15, 0.2) is 0 Å². The maximum atomic E-state index is 13.7. The van der Waals surface area contributed by atoms with Crippen LogP contribution in [0.5, 0.6) is 0 Å². The molecule has 0 aliphatic heterocycles. The molecule has 0 N–H and O–H groups in total. The predicted molar refractivity (Wildman–Crippen MR) is 74.5 cm³/mol. The first-order chi connectivity index (χ1) is 8.15. The monoisotopic (exact) mass is 332 g/mol. The van der Waals surface area contributed by atoms with Crippen LogP contribution in [0.25, 0.3) is 11.1 Å². The third-order valence-electron chi connectivity index (χ3n) is 2.48. The molecule has 0 unspecified atom stereocenters. The van der Waals surface area contributed by atoms with Crippen molar-refractivity contribution in [3.05, 3.63) is 57.8 Å². The Morgan fingerprint density at radius 2 is 1.59 bits per heavy atom.